The van der Waals surface area contributed by atoms with Gasteiger partial charge in [-0.25, -0.2) is 0 Å². The molecule has 1 heteroatoms. The Morgan fingerprint density at radius 1 is 1.15 bits per heavy atom. The summed E-state index contributed by atoms with van der Waals surface area (Å²) >= 11 is 0. The van der Waals surface area contributed by atoms with Gasteiger partial charge in [-0.1, -0.05) is 39.5 Å². The molecular weight excluding hydrogens is 160 g/mol. The molecule has 0 saturated heterocycles. The lowest BCUT2D eigenvalue weighted by Crippen LogP contribution is -2.47. The van der Waals surface area contributed by atoms with Crippen molar-refractivity contribution in [2.45, 2.75) is 64.4 Å². The number of hydrogen-bond acceptors (Lipinski definition) is 1. The van der Waals surface area contributed by atoms with E-state index in [-0.39, 0.29) is 11.0 Å². The number of rotatable bonds is 2. The number of hydrogen-bond donors (Lipinski definition) is 1. The van der Waals surface area contributed by atoms with E-state index in [1.165, 1.54) is 32.1 Å². The third kappa shape index (κ3) is 1.76. The molecule has 0 aromatic heterocycles. The van der Waals surface area contributed by atoms with Crippen LogP contribution >= 0.6 is 0 Å². The lowest BCUT2D eigenvalue weighted by Gasteiger charge is -2.47. The molecule has 1 atom stereocenters. The molecule has 0 aromatic carbocycles. The molecule has 1 unspecified atom stereocenters. The first kappa shape index (κ1) is 9.51. The monoisotopic (exact) mass is 182 g/mol. The maximum absolute atomic E-state index is 10.6. The fourth-order valence-corrected chi connectivity index (χ4v) is 2.73. The third-order valence-corrected chi connectivity index (χ3v) is 4.23. The summed E-state index contributed by atoms with van der Waals surface area (Å²) in [5.41, 5.74) is -0.180. The van der Waals surface area contributed by atoms with Crippen LogP contribution in [0, 0.1) is 11.3 Å². The average Bonchev–Trinajstić information content (AvgIpc) is 2.80. The van der Waals surface area contributed by atoms with Crippen LogP contribution in [0.25, 0.3) is 0 Å². The first-order valence-electron chi connectivity index (χ1n) is 5.76. The van der Waals surface area contributed by atoms with Gasteiger partial charge in [0, 0.05) is 0 Å². The van der Waals surface area contributed by atoms with Crippen LogP contribution in [0.1, 0.15) is 58.8 Å². The predicted molar refractivity (Wildman–Crippen MR) is 54.5 cm³/mol. The Hall–Kier alpha value is -0.0400. The molecule has 0 spiro atoms. The van der Waals surface area contributed by atoms with E-state index < -0.39 is 0 Å². The third-order valence-electron chi connectivity index (χ3n) is 4.23. The van der Waals surface area contributed by atoms with Crippen LogP contribution < -0.4 is 0 Å². The van der Waals surface area contributed by atoms with Gasteiger partial charge >= 0.3 is 0 Å². The van der Waals surface area contributed by atoms with Crippen molar-refractivity contribution < 1.29 is 5.11 Å². The van der Waals surface area contributed by atoms with Crippen molar-refractivity contribution in [1.82, 2.24) is 0 Å². The summed E-state index contributed by atoms with van der Waals surface area (Å²) in [6.45, 7) is 4.49. The highest BCUT2D eigenvalue weighted by molar-refractivity contribution is 4.99. The molecule has 0 radical (unpaired) electrons. The second-order valence-corrected chi connectivity index (χ2v) is 5.77. The maximum atomic E-state index is 10.6. The predicted octanol–water partition coefficient (Wildman–Crippen LogP) is 3.12. The largest absolute Gasteiger partial charge is 0.389 e. The normalized spacial score (nSPS) is 39.0. The lowest BCUT2D eigenvalue weighted by molar-refractivity contribution is -0.105. The van der Waals surface area contributed by atoms with Gasteiger partial charge in [-0.3, -0.25) is 0 Å². The molecule has 2 aliphatic carbocycles. The van der Waals surface area contributed by atoms with E-state index >= 15 is 0 Å². The van der Waals surface area contributed by atoms with Gasteiger partial charge in [0.15, 0.2) is 0 Å². The molecule has 2 rings (SSSR count). The summed E-state index contributed by atoms with van der Waals surface area (Å²) in [7, 11) is 0. The second kappa shape index (κ2) is 2.98. The topological polar surface area (TPSA) is 20.2 Å². The van der Waals surface area contributed by atoms with E-state index in [1.54, 1.807) is 0 Å². The molecule has 2 fully saturated rings. The summed E-state index contributed by atoms with van der Waals surface area (Å²) < 4.78 is 0. The number of aliphatic hydroxyl groups is 1. The fraction of sp³-hybridized carbons (Fsp3) is 1.00. The highest BCUT2D eigenvalue weighted by Gasteiger charge is 2.47. The van der Waals surface area contributed by atoms with Crippen molar-refractivity contribution in [1.29, 1.82) is 0 Å². The van der Waals surface area contributed by atoms with E-state index in [0.717, 1.165) is 18.8 Å². The summed E-state index contributed by atoms with van der Waals surface area (Å²) in [6, 6.07) is 0. The van der Waals surface area contributed by atoms with Gasteiger partial charge < -0.3 is 5.11 Å². The van der Waals surface area contributed by atoms with E-state index in [4.69, 9.17) is 0 Å². The van der Waals surface area contributed by atoms with Crippen LogP contribution in [-0.4, -0.2) is 10.7 Å². The van der Waals surface area contributed by atoms with E-state index in [0.29, 0.717) is 0 Å². The van der Waals surface area contributed by atoms with Gasteiger partial charge in [0.25, 0.3) is 0 Å². The molecule has 76 valence electrons. The lowest BCUT2D eigenvalue weighted by atomic mass is 9.63. The van der Waals surface area contributed by atoms with E-state index in [1.807, 2.05) is 0 Å². The first-order valence-corrected chi connectivity index (χ1v) is 5.76. The fourth-order valence-electron chi connectivity index (χ4n) is 2.73. The highest BCUT2D eigenvalue weighted by atomic mass is 16.3. The molecule has 0 amide bonds. The van der Waals surface area contributed by atoms with Crippen LogP contribution in [-0.2, 0) is 0 Å². The minimum absolute atomic E-state index is 0.161. The molecule has 1 nitrogen and oxygen atoms in total. The minimum Gasteiger partial charge on any atom is -0.389 e. The van der Waals surface area contributed by atoms with Gasteiger partial charge in [-0.2, -0.15) is 0 Å². The van der Waals surface area contributed by atoms with Crippen LogP contribution in [0.3, 0.4) is 0 Å². The minimum atomic E-state index is -0.341. The Bertz CT molecular complexity index is 193. The molecule has 1 N–H and O–H groups in total. The SMILES string of the molecule is CC1(C)CCCCC1(O)CC1CC1. The Labute approximate surface area is 81.5 Å². The Morgan fingerprint density at radius 3 is 2.31 bits per heavy atom. The van der Waals surface area contributed by atoms with Gasteiger partial charge in [0.05, 0.1) is 5.60 Å². The van der Waals surface area contributed by atoms with Crippen molar-refractivity contribution >= 4 is 0 Å². The van der Waals surface area contributed by atoms with Crippen LogP contribution in [0.5, 0.6) is 0 Å². The van der Waals surface area contributed by atoms with Crippen molar-refractivity contribution in [3.63, 3.8) is 0 Å². The summed E-state index contributed by atoms with van der Waals surface area (Å²) in [4.78, 5) is 0. The second-order valence-electron chi connectivity index (χ2n) is 5.77. The standard InChI is InChI=1S/C12H22O/c1-11(2)7-3-4-8-12(11,13)9-10-5-6-10/h10,13H,3-9H2,1-2H3. The highest BCUT2D eigenvalue weighted by Crippen LogP contribution is 2.50. The molecule has 0 heterocycles. The van der Waals surface area contributed by atoms with Gasteiger partial charge in [0.1, 0.15) is 0 Å². The smallest absolute Gasteiger partial charge is 0.0701 e. The summed E-state index contributed by atoms with van der Waals surface area (Å²) in [5.74, 6) is 0.849. The Kier molecular flexibility index (Phi) is 2.18. The van der Waals surface area contributed by atoms with Gasteiger partial charge in [-0.15, -0.1) is 0 Å². The van der Waals surface area contributed by atoms with Crippen LogP contribution in [0.15, 0.2) is 0 Å². The van der Waals surface area contributed by atoms with Gasteiger partial charge in [-0.05, 0) is 30.6 Å². The average molecular weight is 182 g/mol. The Morgan fingerprint density at radius 2 is 1.77 bits per heavy atom. The molecule has 13 heavy (non-hydrogen) atoms. The zero-order chi connectivity index (χ0) is 9.53. The van der Waals surface area contributed by atoms with Crippen LogP contribution in [0.2, 0.25) is 0 Å². The van der Waals surface area contributed by atoms with Gasteiger partial charge in [0.2, 0.25) is 0 Å². The molecule has 2 aliphatic rings. The molecule has 0 bridgehead atoms. The molecule has 0 aliphatic heterocycles. The van der Waals surface area contributed by atoms with Crippen molar-refractivity contribution in [3.8, 4) is 0 Å². The zero-order valence-electron chi connectivity index (χ0n) is 8.97. The van der Waals surface area contributed by atoms with Crippen molar-refractivity contribution in [3.05, 3.63) is 0 Å². The van der Waals surface area contributed by atoms with Crippen molar-refractivity contribution in [2.75, 3.05) is 0 Å². The molecular formula is C12H22O. The zero-order valence-corrected chi connectivity index (χ0v) is 8.97. The van der Waals surface area contributed by atoms with E-state index in [2.05, 4.69) is 13.8 Å². The van der Waals surface area contributed by atoms with Crippen LogP contribution in [0.4, 0.5) is 0 Å². The Balaban J connectivity index is 2.06. The summed E-state index contributed by atoms with van der Waals surface area (Å²) in [6.07, 6.45) is 8.57. The summed E-state index contributed by atoms with van der Waals surface area (Å²) in [5, 5.41) is 10.6. The van der Waals surface area contributed by atoms with Crippen molar-refractivity contribution in [2.24, 2.45) is 11.3 Å². The molecule has 0 aromatic rings. The maximum Gasteiger partial charge on any atom is 0.0701 e. The molecule has 2 saturated carbocycles. The first-order chi connectivity index (χ1) is 6.04. The van der Waals surface area contributed by atoms with E-state index in [9.17, 15) is 5.11 Å². The quantitative estimate of drug-likeness (QED) is 0.695.